The van der Waals surface area contributed by atoms with Crippen molar-refractivity contribution in [3.05, 3.63) is 53.1 Å². The highest BCUT2D eigenvalue weighted by atomic mass is 32.2. The van der Waals surface area contributed by atoms with Gasteiger partial charge in [0, 0.05) is 6.54 Å². The molecular formula is C18H21NO3S. The van der Waals surface area contributed by atoms with Crippen molar-refractivity contribution in [3.8, 4) is 5.75 Å². The van der Waals surface area contributed by atoms with Crippen LogP contribution in [0, 0.1) is 13.8 Å². The summed E-state index contributed by atoms with van der Waals surface area (Å²) in [4.78, 5) is 0.511. The lowest BCUT2D eigenvalue weighted by atomic mass is 9.94. The van der Waals surface area contributed by atoms with E-state index < -0.39 is 9.84 Å². The number of sulfone groups is 1. The third kappa shape index (κ3) is 2.99. The van der Waals surface area contributed by atoms with Crippen molar-refractivity contribution < 1.29 is 13.5 Å². The fourth-order valence-corrected chi connectivity index (χ4v) is 4.56. The Morgan fingerprint density at radius 2 is 1.70 bits per heavy atom. The first kappa shape index (κ1) is 16.0. The Morgan fingerprint density at radius 1 is 1.04 bits per heavy atom. The molecule has 2 aromatic carbocycles. The quantitative estimate of drug-likeness (QED) is 0.907. The van der Waals surface area contributed by atoms with E-state index in [-0.39, 0.29) is 10.6 Å². The second kappa shape index (κ2) is 5.98. The maximum Gasteiger partial charge on any atom is 0.206 e. The zero-order valence-electron chi connectivity index (χ0n) is 13.3. The summed E-state index contributed by atoms with van der Waals surface area (Å²) in [5.41, 5.74) is 2.78. The lowest BCUT2D eigenvalue weighted by Gasteiger charge is -2.14. The van der Waals surface area contributed by atoms with E-state index in [9.17, 15) is 13.5 Å². The van der Waals surface area contributed by atoms with Crippen molar-refractivity contribution in [2.75, 3.05) is 13.1 Å². The van der Waals surface area contributed by atoms with Crippen LogP contribution < -0.4 is 5.32 Å². The van der Waals surface area contributed by atoms with Crippen molar-refractivity contribution in [3.63, 3.8) is 0 Å². The summed E-state index contributed by atoms with van der Waals surface area (Å²) in [6, 6.07) is 9.76. The highest BCUT2D eigenvalue weighted by molar-refractivity contribution is 7.91. The molecule has 1 atom stereocenters. The van der Waals surface area contributed by atoms with Crippen LogP contribution in [0.1, 0.15) is 29.0 Å². The fraction of sp³-hybridized carbons (Fsp3) is 0.333. The average Bonchev–Trinajstić information content (AvgIpc) is 3.03. The number of aromatic hydroxyl groups is 1. The fourth-order valence-electron chi connectivity index (χ4n) is 3.12. The lowest BCUT2D eigenvalue weighted by molar-refractivity contribution is 0.470. The lowest BCUT2D eigenvalue weighted by Crippen LogP contribution is -2.09. The minimum Gasteiger partial charge on any atom is -0.508 e. The SMILES string of the molecule is Cc1cc(S(=O)(=O)c2ccc(C3CCNC3)c(C)c2)ccc1O. The molecule has 1 aliphatic rings. The smallest absolute Gasteiger partial charge is 0.206 e. The van der Waals surface area contributed by atoms with E-state index in [1.807, 2.05) is 13.0 Å². The molecule has 1 saturated heterocycles. The first-order valence-electron chi connectivity index (χ1n) is 7.75. The second-order valence-electron chi connectivity index (χ2n) is 6.16. The molecule has 0 bridgehead atoms. The normalized spacial score (nSPS) is 18.3. The topological polar surface area (TPSA) is 66.4 Å². The highest BCUT2D eigenvalue weighted by Crippen LogP contribution is 2.30. The van der Waals surface area contributed by atoms with Gasteiger partial charge in [-0.15, -0.1) is 0 Å². The summed E-state index contributed by atoms with van der Waals surface area (Å²) < 4.78 is 25.6. The Hall–Kier alpha value is -1.85. The predicted molar refractivity (Wildman–Crippen MR) is 89.7 cm³/mol. The molecule has 1 heterocycles. The van der Waals surface area contributed by atoms with Crippen molar-refractivity contribution in [2.45, 2.75) is 36.0 Å². The van der Waals surface area contributed by atoms with Gasteiger partial charge in [-0.1, -0.05) is 6.07 Å². The third-order valence-electron chi connectivity index (χ3n) is 4.53. The molecule has 0 aromatic heterocycles. The van der Waals surface area contributed by atoms with Gasteiger partial charge in [-0.2, -0.15) is 0 Å². The Bertz CT molecular complexity index is 837. The standard InChI is InChI=1S/C18H21NO3S/c1-12-9-15(3-5-17(12)14-7-8-19-11-14)23(21,22)16-4-6-18(20)13(2)10-16/h3-6,9-10,14,19-20H,7-8,11H2,1-2H3. The predicted octanol–water partition coefficient (Wildman–Crippen LogP) is 2.92. The van der Waals surface area contributed by atoms with Gasteiger partial charge in [0.25, 0.3) is 0 Å². The van der Waals surface area contributed by atoms with E-state index in [1.165, 1.54) is 23.8 Å². The maximum atomic E-state index is 12.8. The van der Waals surface area contributed by atoms with Gasteiger partial charge in [-0.3, -0.25) is 0 Å². The molecule has 0 aliphatic carbocycles. The van der Waals surface area contributed by atoms with Crippen LogP contribution in [0.2, 0.25) is 0 Å². The van der Waals surface area contributed by atoms with Gasteiger partial charge >= 0.3 is 0 Å². The number of nitrogens with one attached hydrogen (secondary N) is 1. The van der Waals surface area contributed by atoms with Crippen molar-refractivity contribution in [1.82, 2.24) is 5.32 Å². The largest absolute Gasteiger partial charge is 0.508 e. The van der Waals surface area contributed by atoms with Gasteiger partial charge in [-0.05, 0) is 79.8 Å². The molecule has 4 nitrogen and oxygen atoms in total. The minimum atomic E-state index is -3.57. The van der Waals surface area contributed by atoms with E-state index in [1.54, 1.807) is 19.1 Å². The second-order valence-corrected chi connectivity index (χ2v) is 8.11. The van der Waals surface area contributed by atoms with Crippen molar-refractivity contribution in [1.29, 1.82) is 0 Å². The number of phenolic OH excluding ortho intramolecular Hbond substituents is 1. The van der Waals surface area contributed by atoms with Gasteiger partial charge in [-0.25, -0.2) is 8.42 Å². The average molecular weight is 331 g/mol. The summed E-state index contributed by atoms with van der Waals surface area (Å²) in [5.74, 6) is 0.562. The van der Waals surface area contributed by atoms with Crippen LogP contribution in [0.4, 0.5) is 0 Å². The van der Waals surface area contributed by atoms with Crippen molar-refractivity contribution >= 4 is 9.84 Å². The summed E-state index contributed by atoms with van der Waals surface area (Å²) in [6.07, 6.45) is 1.09. The molecule has 3 rings (SSSR count). The summed E-state index contributed by atoms with van der Waals surface area (Å²) >= 11 is 0. The summed E-state index contributed by atoms with van der Waals surface area (Å²) in [7, 11) is -3.57. The Kier molecular flexibility index (Phi) is 4.17. The number of hydrogen-bond donors (Lipinski definition) is 2. The van der Waals surface area contributed by atoms with Gasteiger partial charge in [0.1, 0.15) is 5.75 Å². The zero-order valence-corrected chi connectivity index (χ0v) is 14.2. The Balaban J connectivity index is 1.99. The van der Waals surface area contributed by atoms with Crippen LogP contribution in [-0.4, -0.2) is 26.6 Å². The number of phenols is 1. The van der Waals surface area contributed by atoms with Gasteiger partial charge < -0.3 is 10.4 Å². The van der Waals surface area contributed by atoms with Gasteiger partial charge in [0.2, 0.25) is 9.84 Å². The zero-order chi connectivity index (χ0) is 16.6. The van der Waals surface area contributed by atoms with Crippen LogP contribution in [0.15, 0.2) is 46.2 Å². The van der Waals surface area contributed by atoms with Crippen LogP contribution in [-0.2, 0) is 9.84 Å². The molecule has 2 aromatic rings. The number of aryl methyl sites for hydroxylation is 2. The Labute approximate surface area is 137 Å². The van der Waals surface area contributed by atoms with Crippen LogP contribution >= 0.6 is 0 Å². The van der Waals surface area contributed by atoms with Crippen LogP contribution in [0.25, 0.3) is 0 Å². The molecule has 1 fully saturated rings. The first-order valence-corrected chi connectivity index (χ1v) is 9.24. The van der Waals surface area contributed by atoms with Gasteiger partial charge in [0.05, 0.1) is 9.79 Å². The Morgan fingerprint density at radius 3 is 2.26 bits per heavy atom. The molecule has 0 spiro atoms. The summed E-state index contributed by atoms with van der Waals surface area (Å²) in [5, 5.41) is 12.9. The number of rotatable bonds is 3. The molecular weight excluding hydrogens is 310 g/mol. The van der Waals surface area contributed by atoms with E-state index in [2.05, 4.69) is 5.32 Å². The highest BCUT2D eigenvalue weighted by Gasteiger charge is 2.22. The molecule has 122 valence electrons. The molecule has 0 saturated carbocycles. The number of hydrogen-bond acceptors (Lipinski definition) is 4. The third-order valence-corrected chi connectivity index (χ3v) is 6.28. The van der Waals surface area contributed by atoms with E-state index in [4.69, 9.17) is 0 Å². The number of benzene rings is 2. The van der Waals surface area contributed by atoms with E-state index >= 15 is 0 Å². The first-order chi connectivity index (χ1) is 10.9. The maximum absolute atomic E-state index is 12.8. The molecule has 0 radical (unpaired) electrons. The van der Waals surface area contributed by atoms with Gasteiger partial charge in [0.15, 0.2) is 0 Å². The molecule has 1 aliphatic heterocycles. The van der Waals surface area contributed by atoms with Crippen LogP contribution in [0.5, 0.6) is 5.75 Å². The van der Waals surface area contributed by atoms with E-state index in [0.717, 1.165) is 25.1 Å². The molecule has 1 unspecified atom stereocenters. The molecule has 5 heteroatoms. The van der Waals surface area contributed by atoms with Crippen LogP contribution in [0.3, 0.4) is 0 Å². The molecule has 23 heavy (non-hydrogen) atoms. The molecule has 0 amide bonds. The summed E-state index contributed by atoms with van der Waals surface area (Å²) in [6.45, 7) is 5.62. The molecule has 2 N–H and O–H groups in total. The van der Waals surface area contributed by atoms with E-state index in [0.29, 0.717) is 16.4 Å². The van der Waals surface area contributed by atoms with Crippen molar-refractivity contribution in [2.24, 2.45) is 0 Å². The monoisotopic (exact) mass is 331 g/mol. The minimum absolute atomic E-state index is 0.101.